The van der Waals surface area contributed by atoms with E-state index in [1.165, 1.54) is 6.21 Å². The summed E-state index contributed by atoms with van der Waals surface area (Å²) in [6.45, 7) is 3.69. The lowest BCUT2D eigenvalue weighted by Crippen LogP contribution is -2.48. The molecule has 2 N–H and O–H groups in total. The van der Waals surface area contributed by atoms with Crippen LogP contribution in [-0.2, 0) is 4.79 Å². The van der Waals surface area contributed by atoms with Crippen LogP contribution in [0, 0.1) is 5.92 Å². The van der Waals surface area contributed by atoms with Crippen molar-refractivity contribution in [3.63, 3.8) is 0 Å². The summed E-state index contributed by atoms with van der Waals surface area (Å²) in [7, 11) is 1.55. The number of carbonyl (C=O) groups excluding carboxylic acids is 2. The highest BCUT2D eigenvalue weighted by molar-refractivity contribution is 6.33. The van der Waals surface area contributed by atoms with E-state index in [0.717, 1.165) is 0 Å². The average Bonchev–Trinajstić information content (AvgIpc) is 2.67. The maximum Gasteiger partial charge on any atom is 0.262 e. The van der Waals surface area contributed by atoms with Gasteiger partial charge in [-0.15, -0.1) is 0 Å². The van der Waals surface area contributed by atoms with E-state index in [4.69, 9.17) is 16.3 Å². The van der Waals surface area contributed by atoms with E-state index in [1.54, 1.807) is 43.5 Å². The molecule has 27 heavy (non-hydrogen) atoms. The maximum atomic E-state index is 12.4. The molecule has 1 atom stereocenters. The minimum absolute atomic E-state index is 0.122. The van der Waals surface area contributed by atoms with Gasteiger partial charge in [0.1, 0.15) is 11.8 Å². The molecule has 2 amide bonds. The molecule has 0 fully saturated rings. The molecule has 0 saturated carbocycles. The van der Waals surface area contributed by atoms with Gasteiger partial charge in [0.15, 0.2) is 0 Å². The van der Waals surface area contributed by atoms with Gasteiger partial charge in [0.2, 0.25) is 0 Å². The Bertz CT molecular complexity index is 819. The molecule has 0 radical (unpaired) electrons. The summed E-state index contributed by atoms with van der Waals surface area (Å²) in [6.07, 6.45) is 1.46. The first-order chi connectivity index (χ1) is 12.9. The molecule has 0 aliphatic carbocycles. The van der Waals surface area contributed by atoms with Crippen LogP contribution < -0.4 is 15.5 Å². The largest absolute Gasteiger partial charge is 0.497 e. The predicted octanol–water partition coefficient (Wildman–Crippen LogP) is 3.25. The summed E-state index contributed by atoms with van der Waals surface area (Å²) in [6, 6.07) is 13.1. The third-order valence-electron chi connectivity index (χ3n) is 3.87. The van der Waals surface area contributed by atoms with Crippen LogP contribution in [0.5, 0.6) is 5.75 Å². The zero-order valence-corrected chi connectivity index (χ0v) is 16.2. The van der Waals surface area contributed by atoms with Crippen LogP contribution in [0.15, 0.2) is 53.6 Å². The van der Waals surface area contributed by atoms with Gasteiger partial charge < -0.3 is 10.1 Å². The molecule has 0 heterocycles. The molecule has 2 aromatic rings. The molecule has 1 unspecified atom stereocenters. The van der Waals surface area contributed by atoms with Gasteiger partial charge in [0.05, 0.1) is 13.3 Å². The van der Waals surface area contributed by atoms with Gasteiger partial charge in [-0.1, -0.05) is 43.6 Å². The van der Waals surface area contributed by atoms with E-state index in [1.807, 2.05) is 26.0 Å². The molecule has 2 aromatic carbocycles. The smallest absolute Gasteiger partial charge is 0.262 e. The van der Waals surface area contributed by atoms with Gasteiger partial charge in [-0.2, -0.15) is 5.10 Å². The molecule has 0 aliphatic heterocycles. The lowest BCUT2D eigenvalue weighted by molar-refractivity contribution is -0.123. The van der Waals surface area contributed by atoms with E-state index < -0.39 is 11.9 Å². The number of benzene rings is 2. The van der Waals surface area contributed by atoms with E-state index in [0.29, 0.717) is 21.9 Å². The third kappa shape index (κ3) is 5.82. The van der Waals surface area contributed by atoms with Crippen LogP contribution in [0.1, 0.15) is 29.8 Å². The average molecular weight is 388 g/mol. The molecule has 0 spiro atoms. The quantitative estimate of drug-likeness (QED) is 0.565. The number of nitrogens with zero attached hydrogens (tertiary/aromatic N) is 1. The Morgan fingerprint density at radius 3 is 2.37 bits per heavy atom. The zero-order valence-electron chi connectivity index (χ0n) is 15.4. The topological polar surface area (TPSA) is 79.8 Å². The number of nitrogens with one attached hydrogen (secondary N) is 2. The first kappa shape index (κ1) is 20.5. The molecule has 2 rings (SSSR count). The van der Waals surface area contributed by atoms with Crippen molar-refractivity contribution in [3.8, 4) is 5.75 Å². The Labute approximate surface area is 163 Å². The van der Waals surface area contributed by atoms with Crippen molar-refractivity contribution in [2.75, 3.05) is 7.11 Å². The minimum Gasteiger partial charge on any atom is -0.497 e. The Kier molecular flexibility index (Phi) is 7.37. The lowest BCUT2D eigenvalue weighted by atomic mass is 10.0. The van der Waals surface area contributed by atoms with Gasteiger partial charge in [-0.25, -0.2) is 5.43 Å². The molecule has 0 aromatic heterocycles. The number of ether oxygens (including phenoxy) is 1. The van der Waals surface area contributed by atoms with Crippen molar-refractivity contribution in [3.05, 3.63) is 64.7 Å². The lowest BCUT2D eigenvalue weighted by Gasteiger charge is -2.20. The van der Waals surface area contributed by atoms with Crippen LogP contribution in [0.2, 0.25) is 5.02 Å². The highest BCUT2D eigenvalue weighted by Gasteiger charge is 2.24. The fraction of sp³-hybridized carbons (Fsp3) is 0.250. The van der Waals surface area contributed by atoms with Gasteiger partial charge in [-0.05, 0) is 36.2 Å². The number of hydrogen-bond acceptors (Lipinski definition) is 4. The van der Waals surface area contributed by atoms with Crippen molar-refractivity contribution in [2.24, 2.45) is 11.0 Å². The number of methoxy groups -OCH3 is 1. The molecule has 7 heteroatoms. The molecule has 6 nitrogen and oxygen atoms in total. The van der Waals surface area contributed by atoms with Crippen molar-refractivity contribution < 1.29 is 14.3 Å². The fourth-order valence-corrected chi connectivity index (χ4v) is 2.50. The molecular weight excluding hydrogens is 366 g/mol. The Morgan fingerprint density at radius 2 is 1.78 bits per heavy atom. The van der Waals surface area contributed by atoms with E-state index >= 15 is 0 Å². The van der Waals surface area contributed by atoms with Crippen LogP contribution in [0.25, 0.3) is 0 Å². The number of hydrogen-bond donors (Lipinski definition) is 2. The number of carbonyl (C=O) groups is 2. The van der Waals surface area contributed by atoms with Crippen molar-refractivity contribution in [1.82, 2.24) is 10.7 Å². The second-order valence-electron chi connectivity index (χ2n) is 6.18. The fourth-order valence-electron chi connectivity index (χ4n) is 2.32. The second-order valence-corrected chi connectivity index (χ2v) is 6.59. The Hall–Kier alpha value is -2.86. The van der Waals surface area contributed by atoms with E-state index in [9.17, 15) is 9.59 Å². The number of hydrazone groups is 1. The van der Waals surface area contributed by atoms with Gasteiger partial charge in [0.25, 0.3) is 11.8 Å². The SMILES string of the molecule is COc1ccc(C(=O)NC(C(=O)NN=Cc2ccccc2Cl)C(C)C)cc1. The summed E-state index contributed by atoms with van der Waals surface area (Å²) in [5, 5.41) is 7.20. The summed E-state index contributed by atoms with van der Waals surface area (Å²) in [5.41, 5.74) is 3.57. The van der Waals surface area contributed by atoms with Crippen LogP contribution in [0.4, 0.5) is 0 Å². The van der Waals surface area contributed by atoms with E-state index in [2.05, 4.69) is 15.8 Å². The monoisotopic (exact) mass is 387 g/mol. The standard InChI is InChI=1S/C20H22ClN3O3/c1-13(2)18(23-19(25)14-8-10-16(27-3)11-9-14)20(26)24-22-12-15-6-4-5-7-17(15)21/h4-13,18H,1-3H3,(H,23,25)(H,24,26). The summed E-state index contributed by atoms with van der Waals surface area (Å²) >= 11 is 6.04. The van der Waals surface area contributed by atoms with Gasteiger partial charge in [-0.3, -0.25) is 9.59 Å². The third-order valence-corrected chi connectivity index (χ3v) is 4.22. The first-order valence-corrected chi connectivity index (χ1v) is 8.82. The molecular formula is C20H22ClN3O3. The minimum atomic E-state index is -0.733. The number of rotatable bonds is 7. The Balaban J connectivity index is 2.01. The Morgan fingerprint density at radius 1 is 1.11 bits per heavy atom. The van der Waals surface area contributed by atoms with Gasteiger partial charge >= 0.3 is 0 Å². The second kappa shape index (κ2) is 9.73. The molecule has 142 valence electrons. The highest BCUT2D eigenvalue weighted by atomic mass is 35.5. The van der Waals surface area contributed by atoms with Crippen LogP contribution >= 0.6 is 11.6 Å². The van der Waals surface area contributed by atoms with Crippen molar-refractivity contribution in [1.29, 1.82) is 0 Å². The van der Waals surface area contributed by atoms with Crippen LogP contribution in [0.3, 0.4) is 0 Å². The predicted molar refractivity (Wildman–Crippen MR) is 106 cm³/mol. The van der Waals surface area contributed by atoms with E-state index in [-0.39, 0.29) is 11.8 Å². The molecule has 0 saturated heterocycles. The number of amides is 2. The summed E-state index contributed by atoms with van der Waals surface area (Å²) < 4.78 is 5.07. The summed E-state index contributed by atoms with van der Waals surface area (Å²) in [4.78, 5) is 24.9. The van der Waals surface area contributed by atoms with Crippen molar-refractivity contribution >= 4 is 29.6 Å². The molecule has 0 bridgehead atoms. The zero-order chi connectivity index (χ0) is 19.8. The summed E-state index contributed by atoms with van der Waals surface area (Å²) in [5.74, 6) is -0.224. The van der Waals surface area contributed by atoms with Crippen LogP contribution in [-0.4, -0.2) is 31.2 Å². The maximum absolute atomic E-state index is 12.4. The number of halogens is 1. The van der Waals surface area contributed by atoms with Crippen molar-refractivity contribution in [2.45, 2.75) is 19.9 Å². The van der Waals surface area contributed by atoms with Gasteiger partial charge in [0, 0.05) is 16.1 Å². The first-order valence-electron chi connectivity index (χ1n) is 8.44. The highest BCUT2D eigenvalue weighted by Crippen LogP contribution is 2.13. The molecule has 0 aliphatic rings. The normalized spacial score (nSPS) is 12.0.